The van der Waals surface area contributed by atoms with Gasteiger partial charge in [-0.15, -0.1) is 0 Å². The molecule has 0 bridgehead atoms. The maximum Gasteiger partial charge on any atom is 0.252 e. The average molecular weight is 412 g/mol. The fraction of sp³-hybridized carbons (Fsp3) is 0.217. The van der Waals surface area contributed by atoms with Crippen LogP contribution < -0.4 is 10.9 Å². The van der Waals surface area contributed by atoms with Gasteiger partial charge in [-0.1, -0.05) is 24.3 Å². The Labute approximate surface area is 172 Å². The standard InChI is InChI=1S/C23H22F2N2O3/c24-19-6-1-16(2-7-19)21(17-3-8-20(25)9-4-17)11-12-26-23(30)18-5-10-22(29)27(15-18)13-14-28/h1-10,15,21,28H,11-14H2,(H,26,30). The Balaban J connectivity index is 1.72. The van der Waals surface area contributed by atoms with Gasteiger partial charge in [0.15, 0.2) is 0 Å². The van der Waals surface area contributed by atoms with Gasteiger partial charge in [-0.3, -0.25) is 9.59 Å². The summed E-state index contributed by atoms with van der Waals surface area (Å²) in [6.45, 7) is 0.219. The quantitative estimate of drug-likeness (QED) is 0.597. The summed E-state index contributed by atoms with van der Waals surface area (Å²) in [6.07, 6.45) is 1.92. The lowest BCUT2D eigenvalue weighted by atomic mass is 9.88. The van der Waals surface area contributed by atoms with E-state index >= 15 is 0 Å². The summed E-state index contributed by atoms with van der Waals surface area (Å²) in [5, 5.41) is 11.8. The molecule has 7 heteroatoms. The second-order valence-electron chi connectivity index (χ2n) is 6.87. The van der Waals surface area contributed by atoms with Crippen molar-refractivity contribution < 1.29 is 18.7 Å². The molecule has 0 fully saturated rings. The lowest BCUT2D eigenvalue weighted by molar-refractivity contribution is 0.0951. The van der Waals surface area contributed by atoms with Crippen LogP contribution in [-0.4, -0.2) is 28.7 Å². The molecule has 0 saturated carbocycles. The van der Waals surface area contributed by atoms with E-state index in [1.165, 1.54) is 47.2 Å². The molecule has 0 atom stereocenters. The van der Waals surface area contributed by atoms with Crippen LogP contribution in [0.1, 0.15) is 33.8 Å². The van der Waals surface area contributed by atoms with Gasteiger partial charge < -0.3 is 15.0 Å². The number of halogens is 2. The molecule has 3 rings (SSSR count). The maximum atomic E-state index is 13.3. The van der Waals surface area contributed by atoms with Gasteiger partial charge in [0.2, 0.25) is 0 Å². The molecule has 0 unspecified atom stereocenters. The van der Waals surface area contributed by atoms with Crippen molar-refractivity contribution in [3.8, 4) is 0 Å². The SMILES string of the molecule is O=C(NCCC(c1ccc(F)cc1)c1ccc(F)cc1)c1ccc(=O)n(CCO)c1. The molecule has 2 aromatic carbocycles. The number of nitrogens with zero attached hydrogens (tertiary/aromatic N) is 1. The summed E-state index contributed by atoms with van der Waals surface area (Å²) in [5.41, 5.74) is 1.72. The predicted octanol–water partition coefficient (Wildman–Crippen LogP) is 3.07. The Morgan fingerprint density at radius 1 is 0.933 bits per heavy atom. The van der Waals surface area contributed by atoms with Crippen LogP contribution in [0, 0.1) is 11.6 Å². The number of pyridine rings is 1. The number of aliphatic hydroxyl groups is 1. The Kier molecular flexibility index (Phi) is 7.08. The molecule has 5 nitrogen and oxygen atoms in total. The molecule has 0 aliphatic carbocycles. The van der Waals surface area contributed by atoms with E-state index in [9.17, 15) is 18.4 Å². The van der Waals surface area contributed by atoms with Crippen LogP contribution in [-0.2, 0) is 6.54 Å². The van der Waals surface area contributed by atoms with E-state index in [0.717, 1.165) is 11.1 Å². The minimum Gasteiger partial charge on any atom is -0.395 e. The van der Waals surface area contributed by atoms with Crippen LogP contribution in [0.15, 0.2) is 71.7 Å². The first-order chi connectivity index (χ1) is 14.5. The molecule has 2 N–H and O–H groups in total. The summed E-state index contributed by atoms with van der Waals surface area (Å²) in [5.74, 6) is -1.20. The normalized spacial score (nSPS) is 10.9. The van der Waals surface area contributed by atoms with Crippen LogP contribution in [0.3, 0.4) is 0 Å². The van der Waals surface area contributed by atoms with E-state index in [1.807, 2.05) is 0 Å². The topological polar surface area (TPSA) is 71.3 Å². The number of carbonyl (C=O) groups is 1. The van der Waals surface area contributed by atoms with Crippen molar-refractivity contribution in [2.45, 2.75) is 18.9 Å². The first kappa shape index (κ1) is 21.4. The van der Waals surface area contributed by atoms with Gasteiger partial charge in [0.05, 0.1) is 12.2 Å². The first-order valence-electron chi connectivity index (χ1n) is 9.58. The average Bonchev–Trinajstić information content (AvgIpc) is 2.74. The zero-order valence-electron chi connectivity index (χ0n) is 16.2. The number of hydrogen-bond acceptors (Lipinski definition) is 3. The summed E-state index contributed by atoms with van der Waals surface area (Å²) in [7, 11) is 0. The third-order valence-corrected chi connectivity index (χ3v) is 4.85. The smallest absolute Gasteiger partial charge is 0.252 e. The number of benzene rings is 2. The number of rotatable bonds is 8. The highest BCUT2D eigenvalue weighted by Crippen LogP contribution is 2.28. The molecule has 0 saturated heterocycles. The first-order valence-corrected chi connectivity index (χ1v) is 9.58. The van der Waals surface area contributed by atoms with Gasteiger partial charge >= 0.3 is 0 Å². The molecule has 0 spiro atoms. The molecule has 0 aliphatic heterocycles. The fourth-order valence-electron chi connectivity index (χ4n) is 3.30. The van der Waals surface area contributed by atoms with Crippen LogP contribution in [0.4, 0.5) is 8.78 Å². The van der Waals surface area contributed by atoms with Crippen molar-refractivity contribution >= 4 is 5.91 Å². The molecule has 156 valence electrons. The lowest BCUT2D eigenvalue weighted by Gasteiger charge is -2.19. The minimum absolute atomic E-state index is 0.108. The number of aromatic nitrogens is 1. The molecular weight excluding hydrogens is 390 g/mol. The number of hydrogen-bond donors (Lipinski definition) is 2. The van der Waals surface area contributed by atoms with Gasteiger partial charge in [-0.25, -0.2) is 8.78 Å². The van der Waals surface area contributed by atoms with Gasteiger partial charge in [-0.05, 0) is 47.9 Å². The number of nitrogens with one attached hydrogen (secondary N) is 1. The lowest BCUT2D eigenvalue weighted by Crippen LogP contribution is -2.28. The molecule has 0 aliphatic rings. The van der Waals surface area contributed by atoms with Gasteiger partial charge in [0.1, 0.15) is 11.6 Å². The van der Waals surface area contributed by atoms with Crippen LogP contribution in [0.5, 0.6) is 0 Å². The molecule has 1 aromatic heterocycles. The van der Waals surface area contributed by atoms with Crippen molar-refractivity contribution in [1.29, 1.82) is 0 Å². The van der Waals surface area contributed by atoms with Crippen molar-refractivity contribution in [3.05, 3.63) is 106 Å². The third-order valence-electron chi connectivity index (χ3n) is 4.85. The molecule has 0 radical (unpaired) electrons. The highest BCUT2D eigenvalue weighted by atomic mass is 19.1. The van der Waals surface area contributed by atoms with Crippen molar-refractivity contribution in [3.63, 3.8) is 0 Å². The zero-order valence-corrected chi connectivity index (χ0v) is 16.2. The minimum atomic E-state index is -0.348. The second-order valence-corrected chi connectivity index (χ2v) is 6.87. The van der Waals surface area contributed by atoms with Crippen LogP contribution in [0.25, 0.3) is 0 Å². The van der Waals surface area contributed by atoms with Crippen LogP contribution in [0.2, 0.25) is 0 Å². The van der Waals surface area contributed by atoms with Crippen molar-refractivity contribution in [1.82, 2.24) is 9.88 Å². The van der Waals surface area contributed by atoms with Gasteiger partial charge in [0, 0.05) is 31.3 Å². The van der Waals surface area contributed by atoms with E-state index in [-0.39, 0.29) is 42.2 Å². The van der Waals surface area contributed by atoms with E-state index in [2.05, 4.69) is 5.32 Å². The Bertz CT molecular complexity index is 1000. The van der Waals surface area contributed by atoms with Crippen molar-refractivity contribution in [2.24, 2.45) is 0 Å². The monoisotopic (exact) mass is 412 g/mol. The molecule has 3 aromatic rings. The van der Waals surface area contributed by atoms with Gasteiger partial charge in [0.25, 0.3) is 11.5 Å². The van der Waals surface area contributed by atoms with Gasteiger partial charge in [-0.2, -0.15) is 0 Å². The summed E-state index contributed by atoms with van der Waals surface area (Å²) in [6, 6.07) is 14.9. The summed E-state index contributed by atoms with van der Waals surface area (Å²) >= 11 is 0. The van der Waals surface area contributed by atoms with E-state index < -0.39 is 0 Å². The number of carbonyl (C=O) groups excluding carboxylic acids is 1. The number of amides is 1. The Hall–Kier alpha value is -3.32. The van der Waals surface area contributed by atoms with Crippen molar-refractivity contribution in [2.75, 3.05) is 13.2 Å². The summed E-state index contributed by atoms with van der Waals surface area (Å²) in [4.78, 5) is 24.2. The largest absolute Gasteiger partial charge is 0.395 e. The highest BCUT2D eigenvalue weighted by Gasteiger charge is 2.16. The second kappa shape index (κ2) is 9.93. The zero-order chi connectivity index (χ0) is 21.5. The number of aliphatic hydroxyl groups excluding tert-OH is 1. The maximum absolute atomic E-state index is 13.3. The van der Waals surface area contributed by atoms with E-state index in [4.69, 9.17) is 5.11 Å². The molecule has 1 amide bonds. The molecular formula is C23H22F2N2O3. The predicted molar refractivity (Wildman–Crippen MR) is 109 cm³/mol. The molecule has 1 heterocycles. The molecule has 30 heavy (non-hydrogen) atoms. The third kappa shape index (κ3) is 5.39. The Morgan fingerprint density at radius 2 is 1.50 bits per heavy atom. The Morgan fingerprint density at radius 3 is 2.03 bits per heavy atom. The van der Waals surface area contributed by atoms with E-state index in [0.29, 0.717) is 18.5 Å². The van der Waals surface area contributed by atoms with Crippen LogP contribution >= 0.6 is 0 Å². The fourth-order valence-corrected chi connectivity index (χ4v) is 3.30. The summed E-state index contributed by atoms with van der Waals surface area (Å²) < 4.78 is 27.9. The highest BCUT2D eigenvalue weighted by molar-refractivity contribution is 5.93. The van der Waals surface area contributed by atoms with E-state index in [1.54, 1.807) is 24.3 Å².